The molecule has 0 unspecified atom stereocenters. The second-order valence-electron chi connectivity index (χ2n) is 9.78. The van der Waals surface area contributed by atoms with Gasteiger partial charge in [-0.15, -0.1) is 0 Å². The number of carbonyl (C=O) groups excluding carboxylic acids is 2. The summed E-state index contributed by atoms with van der Waals surface area (Å²) in [6.07, 6.45) is 3.57. The van der Waals surface area contributed by atoms with E-state index in [2.05, 4.69) is 51.8 Å². The molecule has 2 amide bonds. The van der Waals surface area contributed by atoms with Crippen LogP contribution in [0.5, 0.6) is 0 Å². The Labute approximate surface area is 233 Å². The van der Waals surface area contributed by atoms with E-state index in [9.17, 15) is 9.59 Å². The number of fused-ring (bicyclic) bond motifs is 1. The normalized spacial score (nSPS) is 11.2. The van der Waals surface area contributed by atoms with Gasteiger partial charge in [-0.2, -0.15) is 0 Å². The van der Waals surface area contributed by atoms with E-state index >= 15 is 0 Å². The molecular weight excluding hydrogens is 540 g/mol. The smallest absolute Gasteiger partial charge is 0.251 e. The SMILES string of the molecule is CC(C)N(Cc1ccccc1)C(=O)Cn1c(CCCCCNC(=O)c2ccc(Br)cc2)nc2ccccc21. The van der Waals surface area contributed by atoms with Crippen LogP contribution in [-0.2, 0) is 24.3 Å². The molecular formula is C31H35BrN4O2. The van der Waals surface area contributed by atoms with Gasteiger partial charge in [0.05, 0.1) is 11.0 Å². The van der Waals surface area contributed by atoms with Crippen molar-refractivity contribution in [2.75, 3.05) is 6.54 Å². The van der Waals surface area contributed by atoms with Crippen molar-refractivity contribution in [2.24, 2.45) is 0 Å². The summed E-state index contributed by atoms with van der Waals surface area (Å²) in [7, 11) is 0. The molecule has 1 heterocycles. The van der Waals surface area contributed by atoms with Gasteiger partial charge in [-0.3, -0.25) is 9.59 Å². The van der Waals surface area contributed by atoms with Gasteiger partial charge in [0.1, 0.15) is 12.4 Å². The van der Waals surface area contributed by atoms with Gasteiger partial charge in [0.15, 0.2) is 0 Å². The van der Waals surface area contributed by atoms with E-state index in [1.165, 1.54) is 0 Å². The number of unbranched alkanes of at least 4 members (excludes halogenated alkanes) is 2. The van der Waals surface area contributed by atoms with Gasteiger partial charge in [-0.05, 0) is 68.7 Å². The number of nitrogens with zero attached hydrogens (tertiary/aromatic N) is 3. The number of para-hydroxylation sites is 2. The molecule has 0 fully saturated rings. The van der Waals surface area contributed by atoms with E-state index in [0.717, 1.165) is 52.6 Å². The summed E-state index contributed by atoms with van der Waals surface area (Å²) in [5.41, 5.74) is 3.68. The van der Waals surface area contributed by atoms with Crippen LogP contribution in [0.3, 0.4) is 0 Å². The lowest BCUT2D eigenvalue weighted by Gasteiger charge is -2.27. The number of halogens is 1. The first-order valence-corrected chi connectivity index (χ1v) is 14.0. The number of benzene rings is 3. The number of hydrogen-bond acceptors (Lipinski definition) is 3. The molecule has 0 aliphatic heterocycles. The molecule has 6 nitrogen and oxygen atoms in total. The first-order valence-electron chi connectivity index (χ1n) is 13.2. The molecule has 0 spiro atoms. The predicted octanol–water partition coefficient (Wildman–Crippen LogP) is 6.38. The second kappa shape index (κ2) is 13.4. The lowest BCUT2D eigenvalue weighted by Crippen LogP contribution is -2.38. The Morgan fingerprint density at radius 2 is 1.63 bits per heavy atom. The second-order valence-corrected chi connectivity index (χ2v) is 10.7. The highest BCUT2D eigenvalue weighted by molar-refractivity contribution is 9.10. The van der Waals surface area contributed by atoms with E-state index in [1.54, 1.807) is 0 Å². The highest BCUT2D eigenvalue weighted by Gasteiger charge is 2.20. The third-order valence-electron chi connectivity index (χ3n) is 6.64. The molecule has 0 atom stereocenters. The molecule has 3 aromatic carbocycles. The minimum Gasteiger partial charge on any atom is -0.352 e. The zero-order chi connectivity index (χ0) is 26.9. The number of carbonyl (C=O) groups is 2. The molecule has 0 aliphatic carbocycles. The van der Waals surface area contributed by atoms with E-state index in [1.807, 2.05) is 71.6 Å². The summed E-state index contributed by atoms with van der Waals surface area (Å²) in [6.45, 7) is 5.61. The Bertz CT molecular complexity index is 1350. The molecule has 0 saturated carbocycles. The number of aryl methyl sites for hydroxylation is 1. The maximum absolute atomic E-state index is 13.5. The van der Waals surface area contributed by atoms with Crippen molar-refractivity contribution in [3.63, 3.8) is 0 Å². The lowest BCUT2D eigenvalue weighted by atomic mass is 10.1. The van der Waals surface area contributed by atoms with Crippen molar-refractivity contribution in [3.8, 4) is 0 Å². The molecule has 0 radical (unpaired) electrons. The van der Waals surface area contributed by atoms with Crippen LogP contribution in [0, 0.1) is 0 Å². The summed E-state index contributed by atoms with van der Waals surface area (Å²) >= 11 is 3.39. The lowest BCUT2D eigenvalue weighted by molar-refractivity contribution is -0.134. The summed E-state index contributed by atoms with van der Waals surface area (Å²) in [6, 6.07) is 25.6. The summed E-state index contributed by atoms with van der Waals surface area (Å²) in [5.74, 6) is 0.966. The van der Waals surface area contributed by atoms with Crippen molar-refractivity contribution in [2.45, 2.75) is 58.7 Å². The largest absolute Gasteiger partial charge is 0.352 e. The zero-order valence-corrected chi connectivity index (χ0v) is 23.7. The third-order valence-corrected chi connectivity index (χ3v) is 7.16. The average molecular weight is 576 g/mol. The predicted molar refractivity (Wildman–Crippen MR) is 156 cm³/mol. The number of hydrogen-bond donors (Lipinski definition) is 1. The molecule has 4 aromatic rings. The maximum Gasteiger partial charge on any atom is 0.251 e. The summed E-state index contributed by atoms with van der Waals surface area (Å²) in [4.78, 5) is 32.6. The van der Waals surface area contributed by atoms with E-state index < -0.39 is 0 Å². The van der Waals surface area contributed by atoms with Gasteiger partial charge in [0.25, 0.3) is 5.91 Å². The average Bonchev–Trinajstić information content (AvgIpc) is 3.26. The van der Waals surface area contributed by atoms with E-state index in [4.69, 9.17) is 4.98 Å². The highest BCUT2D eigenvalue weighted by atomic mass is 79.9. The Morgan fingerprint density at radius 3 is 2.37 bits per heavy atom. The quantitative estimate of drug-likeness (QED) is 0.200. The fraction of sp³-hybridized carbons (Fsp3) is 0.323. The summed E-state index contributed by atoms with van der Waals surface area (Å²) < 4.78 is 3.03. The number of amides is 2. The van der Waals surface area contributed by atoms with Crippen molar-refractivity contribution in [3.05, 3.63) is 100 Å². The highest BCUT2D eigenvalue weighted by Crippen LogP contribution is 2.19. The van der Waals surface area contributed by atoms with Crippen LogP contribution in [0.2, 0.25) is 0 Å². The van der Waals surface area contributed by atoms with Crippen molar-refractivity contribution < 1.29 is 9.59 Å². The fourth-order valence-corrected chi connectivity index (χ4v) is 4.81. The molecule has 7 heteroatoms. The van der Waals surface area contributed by atoms with Gasteiger partial charge in [0.2, 0.25) is 5.91 Å². The Hall–Kier alpha value is -3.45. The van der Waals surface area contributed by atoms with Crippen LogP contribution in [0.1, 0.15) is 54.9 Å². The molecule has 0 bridgehead atoms. The van der Waals surface area contributed by atoms with E-state index in [-0.39, 0.29) is 24.4 Å². The minimum atomic E-state index is -0.0528. The van der Waals surface area contributed by atoms with Crippen LogP contribution in [0.4, 0.5) is 0 Å². The monoisotopic (exact) mass is 574 g/mol. The number of imidazole rings is 1. The standard InChI is InChI=1S/C31H35BrN4O2/c1-23(2)35(21-24-11-5-3-6-12-24)30(37)22-36-28-14-9-8-13-27(28)34-29(36)15-7-4-10-20-33-31(38)25-16-18-26(32)19-17-25/h3,5-6,8-9,11-14,16-19,23H,4,7,10,15,20-22H2,1-2H3,(H,33,38). The minimum absolute atomic E-state index is 0.0528. The van der Waals surface area contributed by atoms with Gasteiger partial charge in [-0.1, -0.05) is 64.8 Å². The van der Waals surface area contributed by atoms with Crippen LogP contribution in [0.25, 0.3) is 11.0 Å². The topological polar surface area (TPSA) is 67.2 Å². The van der Waals surface area contributed by atoms with Crippen molar-refractivity contribution >= 4 is 38.8 Å². The number of rotatable bonds is 12. The third kappa shape index (κ3) is 7.32. The summed E-state index contributed by atoms with van der Waals surface area (Å²) in [5, 5.41) is 2.99. The molecule has 198 valence electrons. The number of nitrogens with one attached hydrogen (secondary N) is 1. The van der Waals surface area contributed by atoms with Gasteiger partial charge in [-0.25, -0.2) is 4.98 Å². The molecule has 1 aromatic heterocycles. The van der Waals surface area contributed by atoms with E-state index in [0.29, 0.717) is 18.7 Å². The van der Waals surface area contributed by atoms with Crippen molar-refractivity contribution in [1.82, 2.24) is 19.8 Å². The van der Waals surface area contributed by atoms with Crippen LogP contribution in [0.15, 0.2) is 83.3 Å². The van der Waals surface area contributed by atoms with Crippen LogP contribution in [-0.4, -0.2) is 38.9 Å². The Balaban J connectivity index is 1.35. The van der Waals surface area contributed by atoms with Gasteiger partial charge < -0.3 is 14.8 Å². The zero-order valence-electron chi connectivity index (χ0n) is 22.1. The Morgan fingerprint density at radius 1 is 0.921 bits per heavy atom. The van der Waals surface area contributed by atoms with Crippen LogP contribution >= 0.6 is 15.9 Å². The molecule has 4 rings (SSSR count). The van der Waals surface area contributed by atoms with Gasteiger partial charge >= 0.3 is 0 Å². The molecule has 0 saturated heterocycles. The Kier molecular flexibility index (Phi) is 9.71. The van der Waals surface area contributed by atoms with Crippen molar-refractivity contribution in [1.29, 1.82) is 0 Å². The molecule has 0 aliphatic rings. The first kappa shape index (κ1) is 27.6. The fourth-order valence-electron chi connectivity index (χ4n) is 4.55. The maximum atomic E-state index is 13.5. The number of aromatic nitrogens is 2. The molecule has 38 heavy (non-hydrogen) atoms. The van der Waals surface area contributed by atoms with Crippen LogP contribution < -0.4 is 5.32 Å². The molecule has 1 N–H and O–H groups in total. The first-order chi connectivity index (χ1) is 18.4. The van der Waals surface area contributed by atoms with Gasteiger partial charge in [0, 0.05) is 35.6 Å².